The molecule has 3 aromatic carbocycles. The lowest BCUT2D eigenvalue weighted by Gasteiger charge is -2.25. The molecule has 5 aromatic rings. The third kappa shape index (κ3) is 14.0. The number of para-hydroxylation sites is 2. The summed E-state index contributed by atoms with van der Waals surface area (Å²) in [6.45, 7) is 0.152. The van der Waals surface area contributed by atoms with E-state index in [0.717, 1.165) is 21.8 Å². The number of hydrogen-bond donors (Lipinski definition) is 11. The number of carbonyl (C=O) groups is 9. The molecule has 2 aromatic heterocycles. The van der Waals surface area contributed by atoms with Gasteiger partial charge >= 0.3 is 0 Å². The van der Waals surface area contributed by atoms with E-state index in [-0.39, 0.29) is 32.2 Å². The van der Waals surface area contributed by atoms with Gasteiger partial charge < -0.3 is 58.2 Å². The maximum Gasteiger partial charge on any atom is 0.243 e. The van der Waals surface area contributed by atoms with Crippen molar-refractivity contribution in [3.8, 4) is 0 Å². The minimum absolute atomic E-state index is 0.00202. The summed E-state index contributed by atoms with van der Waals surface area (Å²) in [5.41, 5.74) is 9.23. The van der Waals surface area contributed by atoms with E-state index in [1.807, 2.05) is 42.5 Å². The van der Waals surface area contributed by atoms with E-state index in [1.165, 1.54) is 6.92 Å². The highest BCUT2D eigenvalue weighted by atomic mass is 16.2. The summed E-state index contributed by atoms with van der Waals surface area (Å²) in [4.78, 5) is 127. The molecular formula is C47H55N11O9. The molecule has 1 fully saturated rings. The number of rotatable bonds is 10. The summed E-state index contributed by atoms with van der Waals surface area (Å²) in [6.07, 6.45) is 3.35. The van der Waals surface area contributed by atoms with Crippen molar-refractivity contribution < 1.29 is 43.2 Å². The van der Waals surface area contributed by atoms with Gasteiger partial charge in [0.2, 0.25) is 53.2 Å². The van der Waals surface area contributed by atoms with E-state index in [9.17, 15) is 43.2 Å². The molecule has 20 heteroatoms. The van der Waals surface area contributed by atoms with Gasteiger partial charge in [-0.25, -0.2) is 0 Å². The van der Waals surface area contributed by atoms with Crippen LogP contribution < -0.4 is 48.3 Å². The second-order valence-corrected chi connectivity index (χ2v) is 16.3. The van der Waals surface area contributed by atoms with Crippen molar-refractivity contribution in [3.63, 3.8) is 0 Å². The van der Waals surface area contributed by atoms with Crippen molar-refractivity contribution in [2.24, 2.45) is 5.73 Å². The largest absolute Gasteiger partial charge is 0.368 e. The zero-order valence-corrected chi connectivity index (χ0v) is 36.9. The van der Waals surface area contributed by atoms with Crippen molar-refractivity contribution in [3.05, 3.63) is 108 Å². The van der Waals surface area contributed by atoms with E-state index < -0.39 is 103 Å². The number of hydrogen-bond acceptors (Lipinski definition) is 9. The Labute approximate surface area is 385 Å². The standard InChI is InChI=1S/C47H55N11O9/c1-27(59)50-25-41(61)55-39-22-40(60)49-18-10-9-17-35(43(48)63)56-45(65)37(20-29-23-51-33-15-7-5-13-31(29)33)54-42(62)26-53-44(64)36(19-28-11-3-2-4-12-28)57-46(66)38(58-47(39)67)21-30-24-52-34-16-8-6-14-32(30)34/h2-8,11-16,23-24,35-39,51-52H,9-10,17-22,25-26H2,1H3,(H2,48,63)(H,49,60)(H,50,59)(H,53,64)(H,54,62)(H,55,61)(H,56,65)(H,57,66)(H,58,67)/t35?,36?,37-,38?,39?/m0/s1. The highest BCUT2D eigenvalue weighted by molar-refractivity contribution is 5.98. The number of benzene rings is 3. The number of aromatic nitrogens is 2. The van der Waals surface area contributed by atoms with Crippen LogP contribution in [0.15, 0.2) is 91.3 Å². The number of H-pyrrole nitrogens is 2. The summed E-state index contributed by atoms with van der Waals surface area (Å²) in [6, 6.07) is 16.8. The summed E-state index contributed by atoms with van der Waals surface area (Å²) < 4.78 is 0. The molecule has 4 unspecified atom stereocenters. The molecule has 0 bridgehead atoms. The van der Waals surface area contributed by atoms with Gasteiger partial charge in [-0.05, 0) is 48.1 Å². The SMILES string of the molecule is CC(=O)NCC(=O)NC1CC(=O)NCCCCC(C(N)=O)NC(=O)[C@H](Cc2c[nH]c3ccccc23)NC(=O)CNC(=O)C(Cc2ccccc2)NC(=O)C(Cc2c[nH]c3ccccc23)NC1=O. The summed E-state index contributed by atoms with van der Waals surface area (Å²) in [5.74, 6) is -6.71. The number of aromatic amines is 2. The maximum absolute atomic E-state index is 14.5. The van der Waals surface area contributed by atoms with Crippen molar-refractivity contribution in [1.82, 2.24) is 52.5 Å². The predicted octanol–water partition coefficient (Wildman–Crippen LogP) is -0.471. The van der Waals surface area contributed by atoms with Crippen LogP contribution in [0.2, 0.25) is 0 Å². The van der Waals surface area contributed by atoms with Crippen LogP contribution in [0.3, 0.4) is 0 Å². The van der Waals surface area contributed by atoms with Crippen LogP contribution in [0.1, 0.15) is 49.3 Å². The summed E-state index contributed by atoms with van der Waals surface area (Å²) >= 11 is 0. The van der Waals surface area contributed by atoms with Gasteiger partial charge in [0.05, 0.1) is 19.5 Å². The Morgan fingerprint density at radius 2 is 1.19 bits per heavy atom. The number of nitrogens with one attached hydrogen (secondary N) is 10. The van der Waals surface area contributed by atoms with E-state index >= 15 is 0 Å². The molecule has 9 amide bonds. The fraction of sp³-hybridized carbons (Fsp3) is 0.340. The molecule has 0 saturated carbocycles. The molecular weight excluding hydrogens is 863 g/mol. The van der Waals surface area contributed by atoms with Gasteiger partial charge in [0.15, 0.2) is 0 Å². The topological polar surface area (TPSA) is 307 Å². The first-order chi connectivity index (χ1) is 32.2. The molecule has 3 heterocycles. The molecule has 0 spiro atoms. The Kier molecular flexibility index (Phi) is 16.8. The average molecular weight is 918 g/mol. The summed E-state index contributed by atoms with van der Waals surface area (Å²) in [7, 11) is 0. The van der Waals surface area contributed by atoms with Crippen molar-refractivity contribution in [2.45, 2.75) is 82.1 Å². The van der Waals surface area contributed by atoms with Gasteiger partial charge in [-0.15, -0.1) is 0 Å². The van der Waals surface area contributed by atoms with Gasteiger partial charge in [-0.1, -0.05) is 66.7 Å². The molecule has 1 saturated heterocycles. The molecule has 0 radical (unpaired) electrons. The quantitative estimate of drug-likeness (QED) is 0.0862. The van der Waals surface area contributed by atoms with E-state index in [1.54, 1.807) is 48.8 Å². The minimum Gasteiger partial charge on any atom is -0.368 e. The Balaban J connectivity index is 1.31. The van der Waals surface area contributed by atoms with Crippen LogP contribution in [0.5, 0.6) is 0 Å². The van der Waals surface area contributed by atoms with E-state index in [2.05, 4.69) is 52.5 Å². The van der Waals surface area contributed by atoms with Crippen LogP contribution in [-0.2, 0) is 62.4 Å². The molecule has 20 nitrogen and oxygen atoms in total. The molecule has 0 aliphatic carbocycles. The van der Waals surface area contributed by atoms with Crippen LogP contribution in [-0.4, -0.2) is 113 Å². The fourth-order valence-electron chi connectivity index (χ4n) is 7.78. The maximum atomic E-state index is 14.5. The number of primary amides is 1. The number of amides is 9. The normalized spacial score (nSPS) is 20.9. The lowest BCUT2D eigenvalue weighted by Crippen LogP contribution is -2.59. The van der Waals surface area contributed by atoms with Gasteiger partial charge in [0, 0.05) is 66.9 Å². The smallest absolute Gasteiger partial charge is 0.243 e. The van der Waals surface area contributed by atoms with Gasteiger partial charge in [-0.2, -0.15) is 0 Å². The summed E-state index contributed by atoms with van der Waals surface area (Å²) in [5, 5.41) is 22.4. The Hall–Kier alpha value is -8.03. The molecule has 12 N–H and O–H groups in total. The van der Waals surface area contributed by atoms with Gasteiger partial charge in [0.1, 0.15) is 30.2 Å². The average Bonchev–Trinajstić information content (AvgIpc) is 3.92. The second-order valence-electron chi connectivity index (χ2n) is 16.3. The lowest BCUT2D eigenvalue weighted by molar-refractivity contribution is -0.135. The van der Waals surface area contributed by atoms with Crippen molar-refractivity contribution in [2.75, 3.05) is 19.6 Å². The fourth-order valence-corrected chi connectivity index (χ4v) is 7.78. The lowest BCUT2D eigenvalue weighted by atomic mass is 10.0. The molecule has 67 heavy (non-hydrogen) atoms. The van der Waals surface area contributed by atoms with Crippen LogP contribution in [0, 0.1) is 0 Å². The molecule has 6 rings (SSSR count). The molecule has 5 atom stereocenters. The highest BCUT2D eigenvalue weighted by Crippen LogP contribution is 2.21. The van der Waals surface area contributed by atoms with E-state index in [0.29, 0.717) is 29.5 Å². The number of fused-ring (bicyclic) bond motifs is 2. The van der Waals surface area contributed by atoms with Crippen molar-refractivity contribution >= 4 is 75.0 Å². The first-order valence-corrected chi connectivity index (χ1v) is 22.0. The van der Waals surface area contributed by atoms with Crippen LogP contribution in [0.4, 0.5) is 0 Å². The van der Waals surface area contributed by atoms with Crippen LogP contribution in [0.25, 0.3) is 21.8 Å². The van der Waals surface area contributed by atoms with Crippen LogP contribution >= 0.6 is 0 Å². The number of carbonyl (C=O) groups excluding carboxylic acids is 9. The third-order valence-corrected chi connectivity index (χ3v) is 11.3. The second kappa shape index (κ2) is 23.2. The Morgan fingerprint density at radius 1 is 0.627 bits per heavy atom. The number of nitrogens with two attached hydrogens (primary N) is 1. The van der Waals surface area contributed by atoms with E-state index in [4.69, 9.17) is 5.73 Å². The zero-order chi connectivity index (χ0) is 47.9. The molecule has 352 valence electrons. The third-order valence-electron chi connectivity index (χ3n) is 11.3. The predicted molar refractivity (Wildman–Crippen MR) is 246 cm³/mol. The minimum atomic E-state index is -1.53. The monoisotopic (exact) mass is 917 g/mol. The van der Waals surface area contributed by atoms with Gasteiger partial charge in [-0.3, -0.25) is 43.2 Å². The Morgan fingerprint density at radius 3 is 1.82 bits per heavy atom. The Bertz CT molecular complexity index is 2610. The highest BCUT2D eigenvalue weighted by Gasteiger charge is 2.33. The molecule has 1 aliphatic heterocycles. The first kappa shape index (κ1) is 48.4. The van der Waals surface area contributed by atoms with Crippen molar-refractivity contribution in [1.29, 1.82) is 0 Å². The molecule has 1 aliphatic rings. The van der Waals surface area contributed by atoms with Gasteiger partial charge in [0.25, 0.3) is 0 Å². The first-order valence-electron chi connectivity index (χ1n) is 22.0. The zero-order valence-electron chi connectivity index (χ0n) is 36.9.